The van der Waals surface area contributed by atoms with E-state index in [4.69, 9.17) is 9.47 Å². The van der Waals surface area contributed by atoms with Crippen LogP contribution in [0.4, 0.5) is 5.69 Å². The van der Waals surface area contributed by atoms with E-state index in [0.29, 0.717) is 24.1 Å². The van der Waals surface area contributed by atoms with Crippen LogP contribution in [-0.4, -0.2) is 23.2 Å². The Morgan fingerprint density at radius 2 is 2.11 bits per heavy atom. The number of anilines is 1. The highest BCUT2D eigenvalue weighted by molar-refractivity contribution is 6.03. The van der Waals surface area contributed by atoms with Gasteiger partial charge in [0.15, 0.2) is 0 Å². The zero-order valence-electron chi connectivity index (χ0n) is 17.0. The topological polar surface area (TPSA) is 52.5 Å². The molecule has 2 heterocycles. The Bertz CT molecular complexity index is 938. The standard InChI is InChI=1S/C23H28N2O3/c1-5-27-22-12-18-11-15(3)28-21(18)13-20(22)24-23(26)9-6-17-10-14(2)25(16(17)4)19-7-8-19/h6,9-10,12-13,15,19H,5,7-8,11H2,1-4H3,(H,24,26). The highest BCUT2D eigenvalue weighted by Gasteiger charge is 2.26. The SMILES string of the molecule is CCOc1cc2c(cc1NC(=O)C=Cc1cc(C)n(C3CC3)c1C)OC(C)C2. The minimum Gasteiger partial charge on any atom is -0.492 e. The van der Waals surface area contributed by atoms with E-state index in [9.17, 15) is 4.79 Å². The van der Waals surface area contributed by atoms with Crippen molar-refractivity contribution in [2.45, 2.75) is 59.1 Å². The summed E-state index contributed by atoms with van der Waals surface area (Å²) in [6.45, 7) is 8.77. The largest absolute Gasteiger partial charge is 0.492 e. The first-order valence-corrected chi connectivity index (χ1v) is 10.1. The van der Waals surface area contributed by atoms with Crippen LogP contribution in [0.25, 0.3) is 6.08 Å². The van der Waals surface area contributed by atoms with Gasteiger partial charge in [0.2, 0.25) is 5.91 Å². The molecular weight excluding hydrogens is 352 g/mol. The molecule has 28 heavy (non-hydrogen) atoms. The maximum absolute atomic E-state index is 12.6. The molecule has 1 aromatic carbocycles. The predicted molar refractivity (Wildman–Crippen MR) is 111 cm³/mol. The number of benzene rings is 1. The van der Waals surface area contributed by atoms with Gasteiger partial charge in [-0.25, -0.2) is 0 Å². The summed E-state index contributed by atoms with van der Waals surface area (Å²) in [4.78, 5) is 12.6. The summed E-state index contributed by atoms with van der Waals surface area (Å²) < 4.78 is 13.9. The maximum Gasteiger partial charge on any atom is 0.248 e. The van der Waals surface area contributed by atoms with Crippen LogP contribution in [0.3, 0.4) is 0 Å². The summed E-state index contributed by atoms with van der Waals surface area (Å²) >= 11 is 0. The fourth-order valence-corrected chi connectivity index (χ4v) is 4.02. The molecule has 1 amide bonds. The molecule has 1 fully saturated rings. The van der Waals surface area contributed by atoms with Crippen molar-refractivity contribution in [1.29, 1.82) is 0 Å². The fraction of sp³-hybridized carbons (Fsp3) is 0.435. The third kappa shape index (κ3) is 3.66. The summed E-state index contributed by atoms with van der Waals surface area (Å²) in [6, 6.07) is 6.63. The van der Waals surface area contributed by atoms with Crippen LogP contribution in [0.5, 0.6) is 11.5 Å². The van der Waals surface area contributed by atoms with Crippen LogP contribution < -0.4 is 14.8 Å². The number of hydrogen-bond donors (Lipinski definition) is 1. The number of aromatic nitrogens is 1. The lowest BCUT2D eigenvalue weighted by Crippen LogP contribution is -2.10. The average Bonchev–Trinajstić information content (AvgIpc) is 3.34. The minimum absolute atomic E-state index is 0.150. The van der Waals surface area contributed by atoms with Crippen LogP contribution in [0.1, 0.15) is 55.2 Å². The smallest absolute Gasteiger partial charge is 0.248 e. The first-order valence-electron chi connectivity index (χ1n) is 10.1. The summed E-state index contributed by atoms with van der Waals surface area (Å²) in [7, 11) is 0. The van der Waals surface area contributed by atoms with E-state index in [2.05, 4.69) is 29.8 Å². The van der Waals surface area contributed by atoms with E-state index >= 15 is 0 Å². The summed E-state index contributed by atoms with van der Waals surface area (Å²) in [5.74, 6) is 1.33. The second-order valence-corrected chi connectivity index (χ2v) is 7.77. The van der Waals surface area contributed by atoms with Crippen molar-refractivity contribution in [2.75, 3.05) is 11.9 Å². The molecular formula is C23H28N2O3. The van der Waals surface area contributed by atoms with Crippen LogP contribution in [0.15, 0.2) is 24.3 Å². The molecule has 1 aliphatic heterocycles. The first-order chi connectivity index (χ1) is 13.5. The van der Waals surface area contributed by atoms with E-state index in [1.165, 1.54) is 24.2 Å². The number of rotatable bonds is 6. The van der Waals surface area contributed by atoms with Crippen molar-refractivity contribution >= 4 is 17.7 Å². The van der Waals surface area contributed by atoms with E-state index in [0.717, 1.165) is 23.3 Å². The second-order valence-electron chi connectivity index (χ2n) is 7.77. The number of amides is 1. The van der Waals surface area contributed by atoms with Crippen molar-refractivity contribution in [3.63, 3.8) is 0 Å². The van der Waals surface area contributed by atoms with E-state index < -0.39 is 0 Å². The number of carbonyl (C=O) groups is 1. The molecule has 0 radical (unpaired) electrons. The van der Waals surface area contributed by atoms with Crippen LogP contribution >= 0.6 is 0 Å². The maximum atomic E-state index is 12.6. The molecule has 148 valence electrons. The molecule has 1 saturated carbocycles. The summed E-state index contributed by atoms with van der Waals surface area (Å²) in [6.07, 6.45) is 6.99. The van der Waals surface area contributed by atoms with E-state index in [1.54, 1.807) is 6.08 Å². The van der Waals surface area contributed by atoms with E-state index in [-0.39, 0.29) is 12.0 Å². The Morgan fingerprint density at radius 1 is 1.32 bits per heavy atom. The molecule has 2 aliphatic rings. The zero-order chi connectivity index (χ0) is 19.8. The van der Waals surface area contributed by atoms with Crippen molar-refractivity contribution < 1.29 is 14.3 Å². The molecule has 5 heteroatoms. The van der Waals surface area contributed by atoms with Crippen molar-refractivity contribution in [3.05, 3.63) is 46.8 Å². The Hall–Kier alpha value is -2.69. The monoisotopic (exact) mass is 380 g/mol. The van der Waals surface area contributed by atoms with Gasteiger partial charge in [-0.05, 0) is 64.3 Å². The average molecular weight is 380 g/mol. The molecule has 2 aromatic rings. The normalized spacial score (nSPS) is 18.2. The zero-order valence-corrected chi connectivity index (χ0v) is 17.0. The molecule has 1 aromatic heterocycles. The van der Waals surface area contributed by atoms with Crippen molar-refractivity contribution in [3.8, 4) is 11.5 Å². The highest BCUT2D eigenvalue weighted by Crippen LogP contribution is 2.39. The number of nitrogens with zero attached hydrogens (tertiary/aromatic N) is 1. The molecule has 0 bridgehead atoms. The lowest BCUT2D eigenvalue weighted by atomic mass is 10.1. The van der Waals surface area contributed by atoms with Gasteiger partial charge in [0.05, 0.1) is 12.3 Å². The third-order valence-electron chi connectivity index (χ3n) is 5.41. The lowest BCUT2D eigenvalue weighted by molar-refractivity contribution is -0.111. The summed E-state index contributed by atoms with van der Waals surface area (Å²) in [5.41, 5.74) is 5.34. The van der Waals surface area contributed by atoms with Crippen LogP contribution in [-0.2, 0) is 11.2 Å². The van der Waals surface area contributed by atoms with Gasteiger partial charge in [0.25, 0.3) is 0 Å². The van der Waals surface area contributed by atoms with E-state index in [1.807, 2.05) is 32.1 Å². The number of aryl methyl sites for hydroxylation is 1. The van der Waals surface area contributed by atoms with Crippen molar-refractivity contribution in [1.82, 2.24) is 4.57 Å². The quantitative estimate of drug-likeness (QED) is 0.732. The van der Waals surface area contributed by atoms with Gasteiger partial charge >= 0.3 is 0 Å². The Balaban J connectivity index is 1.52. The van der Waals surface area contributed by atoms with Gasteiger partial charge in [-0.2, -0.15) is 0 Å². The number of fused-ring (bicyclic) bond motifs is 1. The molecule has 1 atom stereocenters. The van der Waals surface area contributed by atoms with Gasteiger partial charge in [0.1, 0.15) is 17.6 Å². The number of nitrogens with one attached hydrogen (secondary N) is 1. The van der Waals surface area contributed by atoms with Crippen molar-refractivity contribution in [2.24, 2.45) is 0 Å². The number of carbonyl (C=O) groups excluding carboxylic acids is 1. The molecule has 4 rings (SSSR count). The molecule has 1 unspecified atom stereocenters. The second kappa shape index (κ2) is 7.38. The van der Waals surface area contributed by atoms with Gasteiger partial charge in [-0.15, -0.1) is 0 Å². The molecule has 0 saturated heterocycles. The van der Waals surface area contributed by atoms with Gasteiger partial charge < -0.3 is 19.4 Å². The molecule has 1 aliphatic carbocycles. The molecule has 1 N–H and O–H groups in total. The van der Waals surface area contributed by atoms with Gasteiger partial charge in [-0.1, -0.05) is 0 Å². The Morgan fingerprint density at radius 3 is 2.82 bits per heavy atom. The fourth-order valence-electron chi connectivity index (χ4n) is 4.02. The first kappa shape index (κ1) is 18.7. The minimum atomic E-state index is -0.178. The number of hydrogen-bond acceptors (Lipinski definition) is 3. The van der Waals surface area contributed by atoms with Gasteiger partial charge in [0, 0.05) is 41.6 Å². The van der Waals surface area contributed by atoms with Gasteiger partial charge in [-0.3, -0.25) is 4.79 Å². The Labute approximate surface area is 166 Å². The Kier molecular flexibility index (Phi) is 4.92. The third-order valence-corrected chi connectivity index (χ3v) is 5.41. The number of ether oxygens (including phenoxy) is 2. The van der Waals surface area contributed by atoms with Crippen LogP contribution in [0, 0.1) is 13.8 Å². The molecule has 0 spiro atoms. The lowest BCUT2D eigenvalue weighted by Gasteiger charge is -2.12. The predicted octanol–water partition coefficient (Wildman–Crippen LogP) is 4.81. The highest BCUT2D eigenvalue weighted by atomic mass is 16.5. The summed E-state index contributed by atoms with van der Waals surface area (Å²) in [5, 5.41) is 2.95. The molecule has 5 nitrogen and oxygen atoms in total. The van der Waals surface area contributed by atoms with Crippen LogP contribution in [0.2, 0.25) is 0 Å².